The first-order valence-corrected chi connectivity index (χ1v) is 8.17. The molecule has 0 aliphatic heterocycles. The van der Waals surface area contributed by atoms with Crippen molar-refractivity contribution in [1.82, 2.24) is 4.98 Å². The van der Waals surface area contributed by atoms with Crippen LogP contribution in [-0.4, -0.2) is 35.9 Å². The molecule has 1 aromatic heterocycles. The van der Waals surface area contributed by atoms with Crippen molar-refractivity contribution in [3.05, 3.63) is 57.9 Å². The predicted octanol–water partition coefficient (Wildman–Crippen LogP) is 3.87. The molecule has 0 saturated carbocycles. The van der Waals surface area contributed by atoms with Crippen LogP contribution in [-0.2, 0) is 15.7 Å². The van der Waals surface area contributed by atoms with E-state index in [1.165, 1.54) is 21.0 Å². The number of H-pyrrole nitrogens is 1. The Morgan fingerprint density at radius 3 is 2.32 bits per heavy atom. The van der Waals surface area contributed by atoms with Crippen LogP contribution in [0.4, 0.5) is 13.2 Å². The smallest absolute Gasteiger partial charge is 0.416 e. The number of Topliss-reactive ketones (excluding diaryl/α,β-unsaturated/α-hetero) is 1. The molecule has 0 unspecified atom stereocenters. The fourth-order valence-corrected chi connectivity index (χ4v) is 2.71. The van der Waals surface area contributed by atoms with Crippen LogP contribution in [0.3, 0.4) is 0 Å². The number of halogens is 3. The Morgan fingerprint density at radius 1 is 1.11 bits per heavy atom. The largest absolute Gasteiger partial charge is 0.465 e. The van der Waals surface area contributed by atoms with Gasteiger partial charge in [-0.05, 0) is 44.5 Å². The minimum atomic E-state index is -4.61. The van der Waals surface area contributed by atoms with Crippen LogP contribution in [0.25, 0.3) is 0 Å². The maximum Gasteiger partial charge on any atom is 0.416 e. The van der Waals surface area contributed by atoms with Gasteiger partial charge in [-0.25, -0.2) is 9.59 Å². The SMILES string of the molecule is COC(=O)c1c(C)[nH]c(C(=O)[C@H](C)OC(=O)c2cccc(C(F)(F)F)c2)c1C. The number of ether oxygens (including phenoxy) is 2. The van der Waals surface area contributed by atoms with Crippen molar-refractivity contribution in [2.45, 2.75) is 33.1 Å². The monoisotopic (exact) mass is 397 g/mol. The Bertz CT molecular complexity index is 930. The van der Waals surface area contributed by atoms with E-state index in [9.17, 15) is 27.6 Å². The summed E-state index contributed by atoms with van der Waals surface area (Å²) in [6.45, 7) is 4.40. The van der Waals surface area contributed by atoms with Gasteiger partial charge >= 0.3 is 18.1 Å². The molecule has 0 spiro atoms. The quantitative estimate of drug-likeness (QED) is 0.612. The van der Waals surface area contributed by atoms with E-state index in [-0.39, 0.29) is 16.8 Å². The number of carbonyl (C=O) groups is 3. The number of carbonyl (C=O) groups excluding carboxylic acids is 3. The van der Waals surface area contributed by atoms with E-state index in [1.807, 2.05) is 0 Å². The highest BCUT2D eigenvalue weighted by molar-refractivity contribution is 6.04. The molecule has 1 N–H and O–H groups in total. The van der Waals surface area contributed by atoms with Crippen LogP contribution in [0.1, 0.15) is 54.9 Å². The molecule has 2 rings (SSSR count). The summed E-state index contributed by atoms with van der Waals surface area (Å²) in [4.78, 5) is 39.3. The fraction of sp³-hybridized carbons (Fsp3) is 0.316. The van der Waals surface area contributed by atoms with Crippen molar-refractivity contribution < 1.29 is 37.0 Å². The van der Waals surface area contributed by atoms with E-state index in [4.69, 9.17) is 4.74 Å². The van der Waals surface area contributed by atoms with Gasteiger partial charge in [-0.2, -0.15) is 13.2 Å². The lowest BCUT2D eigenvalue weighted by atomic mass is 10.1. The number of esters is 2. The second-order valence-electron chi connectivity index (χ2n) is 6.11. The Kier molecular flexibility index (Phi) is 5.96. The summed E-state index contributed by atoms with van der Waals surface area (Å²) in [5, 5.41) is 0. The third-order valence-corrected chi connectivity index (χ3v) is 4.15. The molecule has 0 radical (unpaired) electrons. The van der Waals surface area contributed by atoms with Gasteiger partial charge in [-0.15, -0.1) is 0 Å². The number of hydrogen-bond donors (Lipinski definition) is 1. The Balaban J connectivity index is 2.22. The summed E-state index contributed by atoms with van der Waals surface area (Å²) in [7, 11) is 1.20. The van der Waals surface area contributed by atoms with Crippen molar-refractivity contribution >= 4 is 17.7 Å². The molecule has 6 nitrogen and oxygen atoms in total. The van der Waals surface area contributed by atoms with Crippen LogP contribution in [0.5, 0.6) is 0 Å². The molecule has 1 atom stereocenters. The van der Waals surface area contributed by atoms with Crippen molar-refractivity contribution in [3.8, 4) is 0 Å². The van der Waals surface area contributed by atoms with Crippen LogP contribution in [0.2, 0.25) is 0 Å². The molecule has 150 valence electrons. The molecule has 0 aliphatic rings. The lowest BCUT2D eigenvalue weighted by Gasteiger charge is -2.13. The molecular formula is C19H18F3NO5. The first-order valence-electron chi connectivity index (χ1n) is 8.17. The van der Waals surface area contributed by atoms with Gasteiger partial charge in [0, 0.05) is 5.69 Å². The zero-order valence-electron chi connectivity index (χ0n) is 15.6. The fourth-order valence-electron chi connectivity index (χ4n) is 2.71. The minimum absolute atomic E-state index is 0.0576. The molecule has 0 saturated heterocycles. The van der Waals surface area contributed by atoms with E-state index < -0.39 is 35.6 Å². The van der Waals surface area contributed by atoms with Gasteiger partial charge in [0.1, 0.15) is 0 Å². The number of rotatable bonds is 5. The number of alkyl halides is 3. The number of ketones is 1. The van der Waals surface area contributed by atoms with E-state index in [0.29, 0.717) is 17.3 Å². The molecule has 0 amide bonds. The Morgan fingerprint density at radius 2 is 1.75 bits per heavy atom. The summed E-state index contributed by atoms with van der Waals surface area (Å²) in [6.07, 6.45) is -5.90. The van der Waals surface area contributed by atoms with Gasteiger partial charge in [0.05, 0.1) is 29.5 Å². The zero-order valence-corrected chi connectivity index (χ0v) is 15.6. The molecule has 1 aromatic carbocycles. The topological polar surface area (TPSA) is 85.5 Å². The third-order valence-electron chi connectivity index (χ3n) is 4.15. The summed E-state index contributed by atoms with van der Waals surface area (Å²) in [6, 6.07) is 3.71. The molecule has 1 heterocycles. The highest BCUT2D eigenvalue weighted by Gasteiger charge is 2.32. The van der Waals surface area contributed by atoms with Crippen LogP contribution in [0.15, 0.2) is 24.3 Å². The van der Waals surface area contributed by atoms with Crippen LogP contribution >= 0.6 is 0 Å². The van der Waals surface area contributed by atoms with E-state index in [1.54, 1.807) is 6.92 Å². The number of aryl methyl sites for hydroxylation is 1. The molecule has 28 heavy (non-hydrogen) atoms. The first-order chi connectivity index (χ1) is 13.0. The van der Waals surface area contributed by atoms with E-state index >= 15 is 0 Å². The summed E-state index contributed by atoms with van der Waals surface area (Å²) in [5.41, 5.74) is -0.339. The van der Waals surface area contributed by atoms with Crippen LogP contribution in [0, 0.1) is 13.8 Å². The van der Waals surface area contributed by atoms with E-state index in [2.05, 4.69) is 9.72 Å². The number of hydrogen-bond acceptors (Lipinski definition) is 5. The second-order valence-corrected chi connectivity index (χ2v) is 6.11. The number of methoxy groups -OCH3 is 1. The summed E-state index contributed by atoms with van der Waals surface area (Å²) < 4.78 is 48.0. The van der Waals surface area contributed by atoms with Crippen molar-refractivity contribution in [3.63, 3.8) is 0 Å². The number of benzene rings is 1. The van der Waals surface area contributed by atoms with Gasteiger partial charge in [0.2, 0.25) is 5.78 Å². The number of aromatic nitrogens is 1. The van der Waals surface area contributed by atoms with Gasteiger partial charge in [-0.3, -0.25) is 4.79 Å². The van der Waals surface area contributed by atoms with Gasteiger partial charge in [-0.1, -0.05) is 6.07 Å². The highest BCUT2D eigenvalue weighted by atomic mass is 19.4. The normalized spacial score (nSPS) is 12.4. The minimum Gasteiger partial charge on any atom is -0.465 e. The first kappa shape index (κ1) is 21.2. The van der Waals surface area contributed by atoms with Gasteiger partial charge < -0.3 is 14.5 Å². The maximum atomic E-state index is 12.8. The molecule has 2 aromatic rings. The number of nitrogens with one attached hydrogen (secondary N) is 1. The lowest BCUT2D eigenvalue weighted by molar-refractivity contribution is -0.137. The van der Waals surface area contributed by atoms with Gasteiger partial charge in [0.25, 0.3) is 0 Å². The molecule has 0 aliphatic carbocycles. The van der Waals surface area contributed by atoms with Gasteiger partial charge in [0.15, 0.2) is 6.10 Å². The molecule has 0 bridgehead atoms. The maximum absolute atomic E-state index is 12.8. The van der Waals surface area contributed by atoms with E-state index in [0.717, 1.165) is 18.2 Å². The summed E-state index contributed by atoms with van der Waals surface area (Å²) >= 11 is 0. The Hall–Kier alpha value is -3.10. The van der Waals surface area contributed by atoms with Crippen molar-refractivity contribution in [2.24, 2.45) is 0 Å². The predicted molar refractivity (Wildman–Crippen MR) is 92.3 cm³/mol. The lowest BCUT2D eigenvalue weighted by Crippen LogP contribution is -2.25. The highest BCUT2D eigenvalue weighted by Crippen LogP contribution is 2.29. The molecule has 0 fully saturated rings. The Labute approximate surface area is 158 Å². The van der Waals surface area contributed by atoms with Crippen molar-refractivity contribution in [1.29, 1.82) is 0 Å². The molecular weight excluding hydrogens is 379 g/mol. The van der Waals surface area contributed by atoms with Crippen molar-refractivity contribution in [2.75, 3.05) is 7.11 Å². The zero-order chi connectivity index (χ0) is 21.2. The third kappa shape index (κ3) is 4.24. The standard InChI is InChI=1S/C19H18F3NO5/c1-9-14(18(26)27-4)10(2)23-15(9)16(24)11(3)28-17(25)12-6-5-7-13(8-12)19(20,21)22/h5-8,11,23H,1-4H3/t11-/m0/s1. The average molecular weight is 397 g/mol. The molecule has 9 heteroatoms. The summed E-state index contributed by atoms with van der Waals surface area (Å²) in [5.74, 6) is -2.32. The number of aromatic amines is 1. The van der Waals surface area contributed by atoms with Crippen LogP contribution < -0.4 is 0 Å². The second kappa shape index (κ2) is 7.87. The average Bonchev–Trinajstić information content (AvgIpc) is 2.94.